The zero-order valence-electron chi connectivity index (χ0n) is 13.5. The predicted octanol–water partition coefficient (Wildman–Crippen LogP) is 4.18. The minimum absolute atomic E-state index is 0.168. The van der Waals surface area contributed by atoms with Gasteiger partial charge in [0.15, 0.2) is 0 Å². The van der Waals surface area contributed by atoms with E-state index in [1.807, 2.05) is 30.3 Å². The monoisotopic (exact) mass is 313 g/mol. The van der Waals surface area contributed by atoms with Crippen LogP contribution >= 0.6 is 0 Å². The predicted molar refractivity (Wildman–Crippen MR) is 91.9 cm³/mol. The lowest BCUT2D eigenvalue weighted by atomic mass is 10.1. The van der Waals surface area contributed by atoms with Gasteiger partial charge in [0.1, 0.15) is 5.56 Å². The standard InChI is InChI=1S/C19H23NO3/c1-2-3-4-5-9-14-20-17(15-10-7-6-8-11-15)13-12-16(18(20)21)19(22)23/h6-8,10-13H,2-5,9,14H2,1H3,(H,22,23). The van der Waals surface area contributed by atoms with E-state index in [1.165, 1.54) is 18.9 Å². The highest BCUT2D eigenvalue weighted by atomic mass is 16.4. The van der Waals surface area contributed by atoms with Gasteiger partial charge in [0.05, 0.1) is 5.69 Å². The number of carboxylic acids is 1. The van der Waals surface area contributed by atoms with Crippen molar-refractivity contribution in [2.45, 2.75) is 45.6 Å². The molecule has 122 valence electrons. The molecule has 1 aromatic heterocycles. The Kier molecular flexibility index (Phi) is 6.15. The van der Waals surface area contributed by atoms with E-state index in [0.717, 1.165) is 30.5 Å². The Bertz CT molecular complexity index is 704. The molecule has 23 heavy (non-hydrogen) atoms. The van der Waals surface area contributed by atoms with E-state index in [1.54, 1.807) is 10.6 Å². The lowest BCUT2D eigenvalue weighted by molar-refractivity contribution is 0.0694. The number of benzene rings is 1. The van der Waals surface area contributed by atoms with Gasteiger partial charge in [-0.25, -0.2) is 4.79 Å². The smallest absolute Gasteiger partial charge is 0.341 e. The molecular formula is C19H23NO3. The Hall–Kier alpha value is -2.36. The minimum atomic E-state index is -1.17. The van der Waals surface area contributed by atoms with Crippen LogP contribution < -0.4 is 5.56 Å². The molecule has 1 aromatic carbocycles. The molecule has 4 heteroatoms. The first-order valence-electron chi connectivity index (χ1n) is 8.17. The molecule has 0 aliphatic heterocycles. The van der Waals surface area contributed by atoms with Gasteiger partial charge in [0.25, 0.3) is 5.56 Å². The first-order valence-corrected chi connectivity index (χ1v) is 8.17. The van der Waals surface area contributed by atoms with Crippen LogP contribution in [0.2, 0.25) is 0 Å². The van der Waals surface area contributed by atoms with E-state index in [0.29, 0.717) is 6.54 Å². The second kappa shape index (κ2) is 8.32. The highest BCUT2D eigenvalue weighted by Crippen LogP contribution is 2.19. The van der Waals surface area contributed by atoms with E-state index in [2.05, 4.69) is 6.92 Å². The molecule has 0 radical (unpaired) electrons. The number of aromatic carboxylic acids is 1. The topological polar surface area (TPSA) is 59.3 Å². The van der Waals surface area contributed by atoms with Crippen molar-refractivity contribution in [2.24, 2.45) is 0 Å². The lowest BCUT2D eigenvalue weighted by Crippen LogP contribution is -2.27. The van der Waals surface area contributed by atoms with Crippen LogP contribution in [0.4, 0.5) is 0 Å². The fourth-order valence-corrected chi connectivity index (χ4v) is 2.70. The molecule has 0 fully saturated rings. The summed E-state index contributed by atoms with van der Waals surface area (Å²) in [5.74, 6) is -1.17. The van der Waals surface area contributed by atoms with E-state index in [9.17, 15) is 14.7 Å². The summed E-state index contributed by atoms with van der Waals surface area (Å²) < 4.78 is 1.60. The Morgan fingerprint density at radius 2 is 1.70 bits per heavy atom. The highest BCUT2D eigenvalue weighted by Gasteiger charge is 2.14. The Labute approximate surface area is 136 Å². The second-order valence-corrected chi connectivity index (χ2v) is 5.67. The zero-order chi connectivity index (χ0) is 16.7. The van der Waals surface area contributed by atoms with Gasteiger partial charge in [-0.15, -0.1) is 0 Å². The molecule has 0 amide bonds. The molecule has 4 nitrogen and oxygen atoms in total. The van der Waals surface area contributed by atoms with Gasteiger partial charge in [-0.1, -0.05) is 62.9 Å². The first kappa shape index (κ1) is 17.0. The number of pyridine rings is 1. The normalized spacial score (nSPS) is 10.7. The fraction of sp³-hybridized carbons (Fsp3) is 0.368. The maximum atomic E-state index is 12.5. The van der Waals surface area contributed by atoms with Gasteiger partial charge >= 0.3 is 5.97 Å². The van der Waals surface area contributed by atoms with Crippen molar-refractivity contribution < 1.29 is 9.90 Å². The number of carboxylic acid groups (broad SMARTS) is 1. The van der Waals surface area contributed by atoms with Crippen molar-refractivity contribution in [3.8, 4) is 11.3 Å². The fourth-order valence-electron chi connectivity index (χ4n) is 2.70. The molecular weight excluding hydrogens is 290 g/mol. The summed E-state index contributed by atoms with van der Waals surface area (Å²) in [6.07, 6.45) is 5.43. The SMILES string of the molecule is CCCCCCCn1c(-c2ccccc2)ccc(C(=O)O)c1=O. The number of hydrogen-bond acceptors (Lipinski definition) is 2. The molecule has 0 aliphatic rings. The molecule has 2 aromatic rings. The van der Waals surface area contributed by atoms with Gasteiger partial charge in [-0.3, -0.25) is 4.79 Å². The molecule has 0 saturated carbocycles. The summed E-state index contributed by atoms with van der Waals surface area (Å²) in [6, 6.07) is 12.7. The number of unbranched alkanes of at least 4 members (excludes halogenated alkanes) is 4. The molecule has 1 heterocycles. The Morgan fingerprint density at radius 1 is 1.00 bits per heavy atom. The number of nitrogens with zero attached hydrogens (tertiary/aromatic N) is 1. The quantitative estimate of drug-likeness (QED) is 0.744. The van der Waals surface area contributed by atoms with Crippen molar-refractivity contribution >= 4 is 5.97 Å². The van der Waals surface area contributed by atoms with Crippen LogP contribution in [0.5, 0.6) is 0 Å². The van der Waals surface area contributed by atoms with Crippen molar-refractivity contribution in [3.05, 3.63) is 58.4 Å². The van der Waals surface area contributed by atoms with Crippen molar-refractivity contribution in [2.75, 3.05) is 0 Å². The summed E-state index contributed by atoms with van der Waals surface area (Å²) in [7, 11) is 0. The van der Waals surface area contributed by atoms with E-state index in [-0.39, 0.29) is 5.56 Å². The summed E-state index contributed by atoms with van der Waals surface area (Å²) in [5, 5.41) is 9.18. The summed E-state index contributed by atoms with van der Waals surface area (Å²) >= 11 is 0. The van der Waals surface area contributed by atoms with Gasteiger partial charge in [0.2, 0.25) is 0 Å². The Morgan fingerprint density at radius 3 is 2.35 bits per heavy atom. The van der Waals surface area contributed by atoms with E-state index >= 15 is 0 Å². The zero-order valence-corrected chi connectivity index (χ0v) is 13.5. The highest BCUT2D eigenvalue weighted by molar-refractivity contribution is 5.87. The Balaban J connectivity index is 2.32. The number of carbonyl (C=O) groups is 1. The van der Waals surface area contributed by atoms with Gasteiger partial charge in [-0.05, 0) is 24.1 Å². The third-order valence-electron chi connectivity index (χ3n) is 3.96. The van der Waals surface area contributed by atoms with Crippen molar-refractivity contribution in [3.63, 3.8) is 0 Å². The number of rotatable bonds is 8. The average molecular weight is 313 g/mol. The molecule has 0 saturated heterocycles. The molecule has 0 spiro atoms. The van der Waals surface area contributed by atoms with Crippen LogP contribution in [0.3, 0.4) is 0 Å². The summed E-state index contributed by atoms with van der Waals surface area (Å²) in [4.78, 5) is 23.7. The summed E-state index contributed by atoms with van der Waals surface area (Å²) in [6.45, 7) is 2.71. The van der Waals surface area contributed by atoms with Gasteiger partial charge < -0.3 is 9.67 Å². The van der Waals surface area contributed by atoms with Crippen molar-refractivity contribution in [1.29, 1.82) is 0 Å². The van der Waals surface area contributed by atoms with Crippen LogP contribution in [0.15, 0.2) is 47.3 Å². The molecule has 1 N–H and O–H groups in total. The third-order valence-corrected chi connectivity index (χ3v) is 3.96. The van der Waals surface area contributed by atoms with Crippen LogP contribution in [-0.4, -0.2) is 15.6 Å². The second-order valence-electron chi connectivity index (χ2n) is 5.67. The lowest BCUT2D eigenvalue weighted by Gasteiger charge is -2.14. The van der Waals surface area contributed by atoms with Gasteiger partial charge in [0, 0.05) is 6.54 Å². The van der Waals surface area contributed by atoms with Crippen LogP contribution in [0.1, 0.15) is 49.4 Å². The molecule has 0 aliphatic carbocycles. The average Bonchev–Trinajstić information content (AvgIpc) is 2.56. The summed E-state index contributed by atoms with van der Waals surface area (Å²) in [5.41, 5.74) is 1.11. The third kappa shape index (κ3) is 4.31. The van der Waals surface area contributed by atoms with Crippen LogP contribution in [0, 0.1) is 0 Å². The molecule has 2 rings (SSSR count). The minimum Gasteiger partial charge on any atom is -0.477 e. The number of aromatic nitrogens is 1. The van der Waals surface area contributed by atoms with E-state index < -0.39 is 11.5 Å². The maximum Gasteiger partial charge on any atom is 0.341 e. The molecule has 0 bridgehead atoms. The number of hydrogen-bond donors (Lipinski definition) is 1. The largest absolute Gasteiger partial charge is 0.477 e. The van der Waals surface area contributed by atoms with Crippen LogP contribution in [-0.2, 0) is 6.54 Å². The first-order chi connectivity index (χ1) is 11.1. The van der Waals surface area contributed by atoms with E-state index in [4.69, 9.17) is 0 Å². The van der Waals surface area contributed by atoms with Crippen LogP contribution in [0.25, 0.3) is 11.3 Å². The molecule has 0 unspecified atom stereocenters. The maximum absolute atomic E-state index is 12.5. The molecule has 0 atom stereocenters. The van der Waals surface area contributed by atoms with Gasteiger partial charge in [-0.2, -0.15) is 0 Å². The van der Waals surface area contributed by atoms with Crippen molar-refractivity contribution in [1.82, 2.24) is 4.57 Å².